The first kappa shape index (κ1) is 21.9. The van der Waals surface area contributed by atoms with Gasteiger partial charge in [0.15, 0.2) is 0 Å². The molecule has 2 aliphatic heterocycles. The summed E-state index contributed by atoms with van der Waals surface area (Å²) in [5, 5.41) is 3.64. The first-order valence-corrected chi connectivity index (χ1v) is 12.2. The van der Waals surface area contributed by atoms with Gasteiger partial charge in [0.2, 0.25) is 5.91 Å². The molecule has 3 aromatic rings. The summed E-state index contributed by atoms with van der Waals surface area (Å²) in [6.45, 7) is 4.22. The second-order valence-electron chi connectivity index (χ2n) is 8.45. The number of anilines is 2. The molecular formula is C25H25ClN4O2S. The van der Waals surface area contributed by atoms with Crippen molar-refractivity contribution in [1.82, 2.24) is 9.80 Å². The SMILES string of the molecule is CN1CC(=O)Nc2cc(C(=O)N3CCN(Cc4ccc(-c5ccccc5Cl)s4)CC3)ccc21. The number of nitrogens with zero attached hydrogens (tertiary/aromatic N) is 3. The molecule has 6 nitrogen and oxygen atoms in total. The standard InChI is InChI=1S/C25H25ClN4O2S/c1-28-16-24(31)27-21-14-17(6-8-22(21)28)25(32)30-12-10-29(11-13-30)15-18-7-9-23(33-18)19-4-2-3-5-20(19)26/h2-9,14H,10-13,15-16H2,1H3,(H,27,31). The first-order chi connectivity index (χ1) is 16.0. The molecule has 1 fully saturated rings. The summed E-state index contributed by atoms with van der Waals surface area (Å²) in [6.07, 6.45) is 0. The van der Waals surface area contributed by atoms with Gasteiger partial charge in [-0.1, -0.05) is 29.8 Å². The fraction of sp³-hybridized carbons (Fsp3) is 0.280. The van der Waals surface area contributed by atoms with Crippen molar-refractivity contribution in [2.45, 2.75) is 6.54 Å². The number of piperazine rings is 1. The predicted octanol–water partition coefficient (Wildman–Crippen LogP) is 4.41. The van der Waals surface area contributed by atoms with Crippen molar-refractivity contribution in [3.8, 4) is 10.4 Å². The predicted molar refractivity (Wildman–Crippen MR) is 134 cm³/mol. The Bertz CT molecular complexity index is 1200. The summed E-state index contributed by atoms with van der Waals surface area (Å²) in [5.41, 5.74) is 3.31. The molecule has 2 aromatic carbocycles. The van der Waals surface area contributed by atoms with Gasteiger partial charge in [-0.25, -0.2) is 0 Å². The average molecular weight is 481 g/mol. The normalized spacial score (nSPS) is 16.5. The van der Waals surface area contributed by atoms with E-state index in [1.54, 1.807) is 17.4 Å². The Hall–Kier alpha value is -2.87. The molecule has 0 radical (unpaired) electrons. The van der Waals surface area contributed by atoms with E-state index in [2.05, 4.69) is 22.3 Å². The van der Waals surface area contributed by atoms with Crippen LogP contribution in [0.3, 0.4) is 0 Å². The van der Waals surface area contributed by atoms with Gasteiger partial charge in [0.05, 0.1) is 17.9 Å². The van der Waals surface area contributed by atoms with Gasteiger partial charge in [0.25, 0.3) is 5.91 Å². The Labute approximate surface area is 202 Å². The lowest BCUT2D eigenvalue weighted by Crippen LogP contribution is -2.48. The number of thiophene rings is 1. The topological polar surface area (TPSA) is 55.9 Å². The molecule has 3 heterocycles. The van der Waals surface area contributed by atoms with E-state index in [1.807, 2.05) is 53.2 Å². The molecular weight excluding hydrogens is 456 g/mol. The van der Waals surface area contributed by atoms with E-state index in [0.29, 0.717) is 30.9 Å². The third-order valence-corrected chi connectivity index (χ3v) is 7.58. The molecule has 1 aromatic heterocycles. The zero-order chi connectivity index (χ0) is 22.9. The van der Waals surface area contributed by atoms with E-state index >= 15 is 0 Å². The maximum atomic E-state index is 13.1. The van der Waals surface area contributed by atoms with Gasteiger partial charge in [-0.2, -0.15) is 0 Å². The first-order valence-electron chi connectivity index (χ1n) is 11.0. The Kier molecular flexibility index (Phi) is 6.10. The van der Waals surface area contributed by atoms with Gasteiger partial charge >= 0.3 is 0 Å². The lowest BCUT2D eigenvalue weighted by atomic mass is 10.1. The smallest absolute Gasteiger partial charge is 0.254 e. The summed E-state index contributed by atoms with van der Waals surface area (Å²) in [4.78, 5) is 33.6. The van der Waals surface area contributed by atoms with E-state index in [4.69, 9.17) is 11.6 Å². The Morgan fingerprint density at radius 1 is 1.06 bits per heavy atom. The maximum Gasteiger partial charge on any atom is 0.254 e. The Morgan fingerprint density at radius 2 is 1.85 bits per heavy atom. The summed E-state index contributed by atoms with van der Waals surface area (Å²) in [7, 11) is 1.88. The van der Waals surface area contributed by atoms with Gasteiger partial charge in [-0.3, -0.25) is 14.5 Å². The monoisotopic (exact) mass is 480 g/mol. The molecule has 5 rings (SSSR count). The van der Waals surface area contributed by atoms with Crippen LogP contribution in [0.4, 0.5) is 11.4 Å². The largest absolute Gasteiger partial charge is 0.364 e. The number of halogens is 1. The number of likely N-dealkylation sites (N-methyl/N-ethyl adjacent to an activating group) is 1. The highest BCUT2D eigenvalue weighted by atomic mass is 35.5. The summed E-state index contributed by atoms with van der Waals surface area (Å²) < 4.78 is 0. The van der Waals surface area contributed by atoms with E-state index in [9.17, 15) is 9.59 Å². The molecule has 0 aliphatic carbocycles. The molecule has 2 aliphatic rings. The summed E-state index contributed by atoms with van der Waals surface area (Å²) in [5.74, 6) is -0.0495. The highest BCUT2D eigenvalue weighted by molar-refractivity contribution is 7.15. The molecule has 0 bridgehead atoms. The van der Waals surface area contributed by atoms with Gasteiger partial charge in [-0.15, -0.1) is 11.3 Å². The number of hydrogen-bond donors (Lipinski definition) is 1. The number of hydrogen-bond acceptors (Lipinski definition) is 5. The third-order valence-electron chi connectivity index (χ3n) is 6.15. The molecule has 0 unspecified atom stereocenters. The highest BCUT2D eigenvalue weighted by Crippen LogP contribution is 2.34. The molecule has 0 saturated carbocycles. The molecule has 1 saturated heterocycles. The van der Waals surface area contributed by atoms with E-state index in [1.165, 1.54) is 9.75 Å². The van der Waals surface area contributed by atoms with Crippen LogP contribution in [0.25, 0.3) is 10.4 Å². The highest BCUT2D eigenvalue weighted by Gasteiger charge is 2.25. The van der Waals surface area contributed by atoms with Crippen molar-refractivity contribution >= 4 is 46.1 Å². The van der Waals surface area contributed by atoms with Crippen molar-refractivity contribution in [3.63, 3.8) is 0 Å². The second kappa shape index (κ2) is 9.17. The fourth-order valence-electron chi connectivity index (χ4n) is 4.37. The molecule has 2 amide bonds. The van der Waals surface area contributed by atoms with Crippen LogP contribution in [-0.2, 0) is 11.3 Å². The molecule has 0 atom stereocenters. The Morgan fingerprint density at radius 3 is 2.64 bits per heavy atom. The second-order valence-corrected chi connectivity index (χ2v) is 10.0. The van der Waals surface area contributed by atoms with Crippen molar-refractivity contribution in [2.75, 3.05) is 50.0 Å². The molecule has 33 heavy (non-hydrogen) atoms. The number of benzene rings is 2. The van der Waals surface area contributed by atoms with Crippen molar-refractivity contribution in [3.05, 3.63) is 70.1 Å². The minimum absolute atomic E-state index is 0.0112. The number of carbonyl (C=O) groups is 2. The summed E-state index contributed by atoms with van der Waals surface area (Å²) >= 11 is 8.11. The third kappa shape index (κ3) is 4.62. The lowest BCUT2D eigenvalue weighted by Gasteiger charge is -2.35. The van der Waals surface area contributed by atoms with Crippen LogP contribution in [0.15, 0.2) is 54.6 Å². The fourth-order valence-corrected chi connectivity index (χ4v) is 5.76. The van der Waals surface area contributed by atoms with Gasteiger partial charge < -0.3 is 15.1 Å². The van der Waals surface area contributed by atoms with Gasteiger partial charge in [-0.05, 0) is 36.4 Å². The van der Waals surface area contributed by atoms with E-state index < -0.39 is 0 Å². The van der Waals surface area contributed by atoms with Gasteiger partial charge in [0.1, 0.15) is 0 Å². The van der Waals surface area contributed by atoms with Gasteiger partial charge in [0, 0.05) is 65.7 Å². The van der Waals surface area contributed by atoms with Crippen molar-refractivity contribution in [2.24, 2.45) is 0 Å². The van der Waals surface area contributed by atoms with Crippen LogP contribution in [0.5, 0.6) is 0 Å². The Balaban J connectivity index is 1.20. The van der Waals surface area contributed by atoms with Crippen LogP contribution >= 0.6 is 22.9 Å². The van der Waals surface area contributed by atoms with Crippen LogP contribution in [0.1, 0.15) is 15.2 Å². The van der Waals surface area contributed by atoms with Crippen molar-refractivity contribution in [1.29, 1.82) is 0 Å². The van der Waals surface area contributed by atoms with Crippen LogP contribution in [0, 0.1) is 0 Å². The molecule has 8 heteroatoms. The molecule has 0 spiro atoms. The lowest BCUT2D eigenvalue weighted by molar-refractivity contribution is -0.115. The van der Waals surface area contributed by atoms with E-state index in [0.717, 1.165) is 35.9 Å². The minimum atomic E-state index is -0.0607. The minimum Gasteiger partial charge on any atom is -0.364 e. The van der Waals surface area contributed by atoms with E-state index in [-0.39, 0.29) is 11.8 Å². The van der Waals surface area contributed by atoms with Crippen LogP contribution in [0.2, 0.25) is 5.02 Å². The molecule has 170 valence electrons. The van der Waals surface area contributed by atoms with Crippen molar-refractivity contribution < 1.29 is 9.59 Å². The zero-order valence-corrected chi connectivity index (χ0v) is 20.0. The maximum absolute atomic E-state index is 13.1. The molecule has 1 N–H and O–H groups in total. The number of rotatable bonds is 4. The van der Waals surface area contributed by atoms with Crippen LogP contribution in [-0.4, -0.2) is 61.4 Å². The number of fused-ring (bicyclic) bond motifs is 1. The average Bonchev–Trinajstić information content (AvgIpc) is 3.27. The quantitative estimate of drug-likeness (QED) is 0.600. The number of amides is 2. The van der Waals surface area contributed by atoms with Crippen LogP contribution < -0.4 is 10.2 Å². The number of carbonyl (C=O) groups excluding carboxylic acids is 2. The zero-order valence-electron chi connectivity index (χ0n) is 18.4. The number of nitrogens with one attached hydrogen (secondary N) is 1. The summed E-state index contributed by atoms with van der Waals surface area (Å²) in [6, 6.07) is 17.8.